The summed E-state index contributed by atoms with van der Waals surface area (Å²) in [6.45, 7) is 1.22. The van der Waals surface area contributed by atoms with Gasteiger partial charge in [-0.05, 0) is 37.8 Å². The van der Waals surface area contributed by atoms with Crippen LogP contribution in [0.3, 0.4) is 0 Å². The van der Waals surface area contributed by atoms with E-state index in [-0.39, 0.29) is 0 Å². The summed E-state index contributed by atoms with van der Waals surface area (Å²) >= 11 is 1.27. The molecule has 1 saturated heterocycles. The first-order valence-electron chi connectivity index (χ1n) is 8.68. The molecule has 0 atom stereocenters. The molecule has 0 bridgehead atoms. The average Bonchev–Trinajstić information content (AvgIpc) is 3.36. The van der Waals surface area contributed by atoms with Gasteiger partial charge in [-0.25, -0.2) is 8.42 Å². The van der Waals surface area contributed by atoms with Crippen molar-refractivity contribution >= 4 is 21.4 Å². The summed E-state index contributed by atoms with van der Waals surface area (Å²) in [5.41, 5.74) is 5.88. The molecule has 0 amide bonds. The van der Waals surface area contributed by atoms with Crippen LogP contribution in [0.4, 0.5) is 0 Å². The van der Waals surface area contributed by atoms with Crippen molar-refractivity contribution in [2.24, 2.45) is 5.73 Å². The van der Waals surface area contributed by atoms with Crippen LogP contribution in [0.2, 0.25) is 0 Å². The van der Waals surface area contributed by atoms with Gasteiger partial charge in [0, 0.05) is 18.0 Å². The lowest BCUT2D eigenvalue weighted by molar-refractivity contribution is 0.352. The van der Waals surface area contributed by atoms with Crippen molar-refractivity contribution in [2.45, 2.75) is 54.7 Å². The second-order valence-corrected chi connectivity index (χ2v) is 10.2. The van der Waals surface area contributed by atoms with Crippen molar-refractivity contribution in [2.75, 3.05) is 13.1 Å². The number of hydrogen-bond donors (Lipinski definition) is 1. The Morgan fingerprint density at radius 2 is 1.92 bits per heavy atom. The third-order valence-electron chi connectivity index (χ3n) is 5.03. The zero-order valence-corrected chi connectivity index (χ0v) is 15.6. The zero-order chi connectivity index (χ0) is 17.5. The van der Waals surface area contributed by atoms with Crippen LogP contribution in [0.1, 0.15) is 55.1 Å². The summed E-state index contributed by atoms with van der Waals surface area (Å²) in [5, 5.41) is 4.05. The van der Waals surface area contributed by atoms with Gasteiger partial charge in [0.1, 0.15) is 4.21 Å². The van der Waals surface area contributed by atoms with Gasteiger partial charge in [-0.2, -0.15) is 9.29 Å². The highest BCUT2D eigenvalue weighted by Gasteiger charge is 2.36. The predicted octanol–water partition coefficient (Wildman–Crippen LogP) is 2.23. The molecule has 0 unspecified atom stereocenters. The molecular formula is C16H22N4O3S2. The zero-order valence-electron chi connectivity index (χ0n) is 14.0. The van der Waals surface area contributed by atoms with E-state index in [0.29, 0.717) is 35.4 Å². The SMILES string of the molecule is NC1(c2noc(Cc3ccc(S(=O)(=O)N4CCCC4)s3)n2)CCCC1. The van der Waals surface area contributed by atoms with Crippen molar-refractivity contribution in [3.8, 4) is 0 Å². The fraction of sp³-hybridized carbons (Fsp3) is 0.625. The highest BCUT2D eigenvalue weighted by atomic mass is 32.2. The van der Waals surface area contributed by atoms with Crippen LogP contribution < -0.4 is 5.73 Å². The Balaban J connectivity index is 1.49. The Bertz CT molecular complexity index is 846. The van der Waals surface area contributed by atoms with Crippen molar-refractivity contribution in [3.05, 3.63) is 28.7 Å². The molecule has 2 fully saturated rings. The first-order chi connectivity index (χ1) is 12.0. The Kier molecular flexibility index (Phi) is 4.43. The van der Waals surface area contributed by atoms with Crippen LogP contribution in [0.15, 0.2) is 20.9 Å². The smallest absolute Gasteiger partial charge is 0.252 e. The van der Waals surface area contributed by atoms with Crippen LogP contribution in [0.25, 0.3) is 0 Å². The second-order valence-electron chi connectivity index (χ2n) is 6.88. The molecule has 136 valence electrons. The minimum atomic E-state index is -3.36. The molecule has 1 aliphatic carbocycles. The van der Waals surface area contributed by atoms with E-state index in [0.717, 1.165) is 43.4 Å². The van der Waals surface area contributed by atoms with Crippen LogP contribution in [-0.2, 0) is 22.0 Å². The molecule has 0 radical (unpaired) electrons. The Morgan fingerprint density at radius 1 is 1.20 bits per heavy atom. The van der Waals surface area contributed by atoms with Gasteiger partial charge in [-0.15, -0.1) is 11.3 Å². The Hall–Kier alpha value is -1.29. The molecule has 2 N–H and O–H groups in total. The van der Waals surface area contributed by atoms with E-state index < -0.39 is 15.6 Å². The summed E-state index contributed by atoms with van der Waals surface area (Å²) in [4.78, 5) is 5.35. The van der Waals surface area contributed by atoms with Crippen LogP contribution in [0, 0.1) is 0 Å². The van der Waals surface area contributed by atoms with Crippen molar-refractivity contribution < 1.29 is 12.9 Å². The molecule has 2 aromatic rings. The Morgan fingerprint density at radius 3 is 2.64 bits per heavy atom. The van der Waals surface area contributed by atoms with E-state index in [9.17, 15) is 8.42 Å². The summed E-state index contributed by atoms with van der Waals surface area (Å²) in [6.07, 6.45) is 6.23. The number of nitrogens with zero attached hydrogens (tertiary/aromatic N) is 3. The molecule has 25 heavy (non-hydrogen) atoms. The van der Waals surface area contributed by atoms with Gasteiger partial charge in [0.15, 0.2) is 5.82 Å². The van der Waals surface area contributed by atoms with Gasteiger partial charge in [-0.3, -0.25) is 0 Å². The summed E-state index contributed by atoms with van der Waals surface area (Å²) in [7, 11) is -3.36. The number of thiophene rings is 1. The van der Waals surface area contributed by atoms with E-state index in [4.69, 9.17) is 10.3 Å². The second kappa shape index (κ2) is 6.46. The highest BCUT2D eigenvalue weighted by Crippen LogP contribution is 2.35. The maximum Gasteiger partial charge on any atom is 0.252 e. The molecule has 7 nitrogen and oxygen atoms in total. The van der Waals surface area contributed by atoms with Crippen LogP contribution >= 0.6 is 11.3 Å². The number of sulfonamides is 1. The molecule has 2 aromatic heterocycles. The third kappa shape index (κ3) is 3.25. The van der Waals surface area contributed by atoms with Crippen molar-refractivity contribution in [3.63, 3.8) is 0 Å². The molecule has 2 aliphatic rings. The first-order valence-corrected chi connectivity index (χ1v) is 10.9. The molecule has 0 spiro atoms. The van der Waals surface area contributed by atoms with Crippen LogP contribution in [-0.4, -0.2) is 36.0 Å². The lowest BCUT2D eigenvalue weighted by Crippen LogP contribution is -2.34. The van der Waals surface area contributed by atoms with E-state index >= 15 is 0 Å². The Labute approximate surface area is 151 Å². The van der Waals surface area contributed by atoms with Gasteiger partial charge in [0.25, 0.3) is 10.0 Å². The largest absolute Gasteiger partial charge is 0.339 e. The van der Waals surface area contributed by atoms with E-state index in [2.05, 4.69) is 10.1 Å². The molecular weight excluding hydrogens is 360 g/mol. The molecule has 3 heterocycles. The number of rotatable bonds is 5. The first kappa shape index (κ1) is 17.1. The number of nitrogens with two attached hydrogens (primary N) is 1. The predicted molar refractivity (Wildman–Crippen MR) is 93.7 cm³/mol. The van der Waals surface area contributed by atoms with Crippen LogP contribution in [0.5, 0.6) is 0 Å². The fourth-order valence-electron chi connectivity index (χ4n) is 3.56. The number of hydrogen-bond acceptors (Lipinski definition) is 7. The van der Waals surface area contributed by atoms with Gasteiger partial charge in [0.2, 0.25) is 5.89 Å². The van der Waals surface area contributed by atoms with Gasteiger partial charge in [-0.1, -0.05) is 18.0 Å². The third-order valence-corrected chi connectivity index (χ3v) is 8.48. The van der Waals surface area contributed by atoms with Crippen molar-refractivity contribution in [1.29, 1.82) is 0 Å². The molecule has 9 heteroatoms. The van der Waals surface area contributed by atoms with E-state index in [1.54, 1.807) is 10.4 Å². The van der Waals surface area contributed by atoms with E-state index in [1.807, 2.05) is 6.07 Å². The fourth-order valence-corrected chi connectivity index (χ4v) is 6.57. The number of aromatic nitrogens is 2. The average molecular weight is 383 g/mol. The minimum absolute atomic E-state index is 0.384. The van der Waals surface area contributed by atoms with Gasteiger partial charge in [0.05, 0.1) is 12.0 Å². The summed E-state index contributed by atoms with van der Waals surface area (Å²) in [5.74, 6) is 1.06. The maximum atomic E-state index is 12.6. The van der Waals surface area contributed by atoms with Gasteiger partial charge >= 0.3 is 0 Å². The van der Waals surface area contributed by atoms with Gasteiger partial charge < -0.3 is 10.3 Å². The lowest BCUT2D eigenvalue weighted by Gasteiger charge is -2.17. The lowest BCUT2D eigenvalue weighted by atomic mass is 9.99. The standard InChI is InChI=1S/C16H22N4O3S2/c17-16(7-1-2-8-16)15-18-13(23-19-15)11-12-5-6-14(24-12)25(21,22)20-9-3-4-10-20/h5-6H,1-4,7-11,17H2. The normalized spacial score (nSPS) is 21.2. The molecule has 0 aromatic carbocycles. The quantitative estimate of drug-likeness (QED) is 0.851. The molecule has 1 aliphatic heterocycles. The molecule has 4 rings (SSSR count). The van der Waals surface area contributed by atoms with Crippen molar-refractivity contribution in [1.82, 2.24) is 14.4 Å². The summed E-state index contributed by atoms with van der Waals surface area (Å²) < 4.78 is 32.5. The topological polar surface area (TPSA) is 102 Å². The minimum Gasteiger partial charge on any atom is -0.339 e. The van der Waals surface area contributed by atoms with E-state index in [1.165, 1.54) is 11.3 Å². The summed E-state index contributed by atoms with van der Waals surface area (Å²) in [6, 6.07) is 3.50. The highest BCUT2D eigenvalue weighted by molar-refractivity contribution is 7.91. The monoisotopic (exact) mass is 382 g/mol. The molecule has 1 saturated carbocycles. The maximum absolute atomic E-state index is 12.6.